The van der Waals surface area contributed by atoms with Crippen LogP contribution in [0, 0.1) is 0 Å². The van der Waals surface area contributed by atoms with Crippen molar-refractivity contribution in [3.63, 3.8) is 0 Å². The number of carbonyl (C=O) groups excluding carboxylic acids is 1. The molecule has 7 heteroatoms. The van der Waals surface area contributed by atoms with Gasteiger partial charge in [0.15, 0.2) is 0 Å². The third-order valence-electron chi connectivity index (χ3n) is 3.18. The number of thioether (sulfide) groups is 2. The third-order valence-corrected chi connectivity index (χ3v) is 6.73. The van der Waals surface area contributed by atoms with Crippen molar-refractivity contribution < 1.29 is 14.7 Å². The van der Waals surface area contributed by atoms with Crippen molar-refractivity contribution in [3.05, 3.63) is 0 Å². The van der Waals surface area contributed by atoms with Crippen LogP contribution in [0.1, 0.15) is 0 Å². The molecule has 3 aliphatic rings. The van der Waals surface area contributed by atoms with E-state index in [9.17, 15) is 14.7 Å². The molecular formula is C8H10N2O3S2. The normalized spacial score (nSPS) is 41.0. The molecule has 3 fully saturated rings. The summed E-state index contributed by atoms with van der Waals surface area (Å²) < 4.78 is -0.273. The Morgan fingerprint density at radius 2 is 2.27 bits per heavy atom. The van der Waals surface area contributed by atoms with Crippen molar-refractivity contribution in [2.45, 2.75) is 22.2 Å². The fraction of sp³-hybridized carbons (Fsp3) is 0.750. The molecule has 0 saturated carbocycles. The van der Waals surface area contributed by atoms with Crippen LogP contribution in [-0.2, 0) is 9.59 Å². The van der Waals surface area contributed by atoms with Crippen molar-refractivity contribution in [1.82, 2.24) is 4.90 Å². The molecule has 3 rings (SSSR count). The van der Waals surface area contributed by atoms with Crippen molar-refractivity contribution >= 4 is 35.4 Å². The number of aliphatic carboxylic acids is 1. The second-order valence-corrected chi connectivity index (χ2v) is 6.60. The number of hydrogen-bond donors (Lipinski definition) is 2. The lowest BCUT2D eigenvalue weighted by Gasteiger charge is -2.43. The number of nitrogens with zero attached hydrogens (tertiary/aromatic N) is 1. The molecule has 82 valence electrons. The summed E-state index contributed by atoms with van der Waals surface area (Å²) in [6.45, 7) is 0. The van der Waals surface area contributed by atoms with Gasteiger partial charge in [-0.15, -0.1) is 11.8 Å². The predicted molar refractivity (Wildman–Crippen MR) is 57.7 cm³/mol. The fourth-order valence-electron chi connectivity index (χ4n) is 2.35. The second kappa shape index (κ2) is 2.83. The van der Waals surface area contributed by atoms with Crippen molar-refractivity contribution in [3.8, 4) is 0 Å². The molecule has 0 bridgehead atoms. The minimum atomic E-state index is -0.898. The molecule has 2 unspecified atom stereocenters. The van der Waals surface area contributed by atoms with E-state index in [1.807, 2.05) is 0 Å². The van der Waals surface area contributed by atoms with E-state index in [0.29, 0.717) is 0 Å². The van der Waals surface area contributed by atoms with E-state index in [4.69, 9.17) is 5.73 Å². The number of amides is 1. The molecule has 0 aromatic carbocycles. The molecule has 1 amide bonds. The Bertz CT molecular complexity index is 358. The van der Waals surface area contributed by atoms with Gasteiger partial charge in [-0.2, -0.15) is 11.8 Å². The van der Waals surface area contributed by atoms with Crippen LogP contribution in [-0.4, -0.2) is 55.6 Å². The lowest BCUT2D eigenvalue weighted by molar-refractivity contribution is -0.159. The van der Waals surface area contributed by atoms with Gasteiger partial charge >= 0.3 is 5.97 Å². The van der Waals surface area contributed by atoms with Crippen LogP contribution in [0.15, 0.2) is 0 Å². The Balaban J connectivity index is 1.95. The van der Waals surface area contributed by atoms with Crippen LogP contribution in [0.25, 0.3) is 0 Å². The summed E-state index contributed by atoms with van der Waals surface area (Å²) >= 11 is 3.30. The van der Waals surface area contributed by atoms with Crippen LogP contribution in [0.5, 0.6) is 0 Å². The van der Waals surface area contributed by atoms with Gasteiger partial charge in [-0.1, -0.05) is 0 Å². The molecule has 0 aliphatic carbocycles. The Labute approximate surface area is 94.7 Å². The summed E-state index contributed by atoms with van der Waals surface area (Å²) in [5.74, 6) is 0.503. The first-order valence-electron chi connectivity index (χ1n) is 4.63. The van der Waals surface area contributed by atoms with E-state index in [2.05, 4.69) is 0 Å². The van der Waals surface area contributed by atoms with Crippen LogP contribution >= 0.6 is 23.5 Å². The van der Waals surface area contributed by atoms with Gasteiger partial charge in [0.25, 0.3) is 0 Å². The van der Waals surface area contributed by atoms with Gasteiger partial charge < -0.3 is 15.7 Å². The monoisotopic (exact) mass is 246 g/mol. The highest BCUT2D eigenvalue weighted by atomic mass is 32.2. The summed E-state index contributed by atoms with van der Waals surface area (Å²) in [4.78, 5) is 24.2. The number of carboxylic acid groups (broad SMARTS) is 1. The highest BCUT2D eigenvalue weighted by Gasteiger charge is 2.67. The van der Waals surface area contributed by atoms with Gasteiger partial charge in [-0.3, -0.25) is 4.79 Å². The first kappa shape index (κ1) is 9.80. The van der Waals surface area contributed by atoms with Gasteiger partial charge in [0.05, 0.1) is 4.75 Å². The Morgan fingerprint density at radius 1 is 1.60 bits per heavy atom. The zero-order valence-electron chi connectivity index (χ0n) is 7.75. The van der Waals surface area contributed by atoms with Crippen LogP contribution < -0.4 is 5.73 Å². The van der Waals surface area contributed by atoms with Gasteiger partial charge in [0.1, 0.15) is 17.5 Å². The van der Waals surface area contributed by atoms with Gasteiger partial charge in [-0.05, 0) is 0 Å². The quantitative estimate of drug-likeness (QED) is 0.587. The second-order valence-electron chi connectivity index (χ2n) is 4.08. The molecule has 3 atom stereocenters. The third kappa shape index (κ3) is 1.01. The molecule has 15 heavy (non-hydrogen) atoms. The Morgan fingerprint density at radius 3 is 2.73 bits per heavy atom. The predicted octanol–water partition coefficient (Wildman–Crippen LogP) is -0.832. The zero-order valence-corrected chi connectivity index (χ0v) is 9.38. The lowest BCUT2D eigenvalue weighted by atomic mass is 9.95. The molecule has 3 heterocycles. The number of hydrogen-bond acceptors (Lipinski definition) is 5. The van der Waals surface area contributed by atoms with E-state index in [0.717, 1.165) is 11.5 Å². The smallest absolute Gasteiger partial charge is 0.327 e. The summed E-state index contributed by atoms with van der Waals surface area (Å²) in [5.41, 5.74) is 5.66. The van der Waals surface area contributed by atoms with Crippen molar-refractivity contribution in [2.75, 3.05) is 11.5 Å². The molecule has 5 nitrogen and oxygen atoms in total. The standard InChI is InChI=1S/C8H10N2O3S2/c9-3-5(11)10-4(7(12)13)8(1-14-2-8)15-6(3)10/h3-4,6H,1-2,9H2,(H,12,13)/t3?,4?,6-/m0/s1. The van der Waals surface area contributed by atoms with Crippen LogP contribution in [0.2, 0.25) is 0 Å². The summed E-state index contributed by atoms with van der Waals surface area (Å²) in [6, 6.07) is -1.16. The number of nitrogens with two attached hydrogens (primary N) is 1. The highest BCUT2D eigenvalue weighted by Crippen LogP contribution is 2.57. The zero-order chi connectivity index (χ0) is 10.8. The Hall–Kier alpha value is -0.400. The van der Waals surface area contributed by atoms with E-state index in [-0.39, 0.29) is 16.0 Å². The summed E-state index contributed by atoms with van der Waals surface area (Å²) in [5, 5.41) is 9.07. The number of carboxylic acids is 1. The fourth-order valence-corrected chi connectivity index (χ4v) is 5.74. The topological polar surface area (TPSA) is 83.6 Å². The number of β-lactam (4-membered cyclic amide) rings is 1. The minimum absolute atomic E-state index is 0.112. The maximum atomic E-state index is 11.5. The first-order valence-corrected chi connectivity index (χ1v) is 6.66. The maximum absolute atomic E-state index is 11.5. The average Bonchev–Trinajstić information content (AvgIpc) is 2.48. The largest absolute Gasteiger partial charge is 0.480 e. The molecule has 3 N–H and O–H groups in total. The van der Waals surface area contributed by atoms with E-state index in [1.54, 1.807) is 23.5 Å². The highest BCUT2D eigenvalue weighted by molar-refractivity contribution is 8.08. The Kier molecular flexibility index (Phi) is 1.85. The van der Waals surface area contributed by atoms with Crippen LogP contribution in [0.4, 0.5) is 0 Å². The van der Waals surface area contributed by atoms with E-state index < -0.39 is 18.1 Å². The molecule has 3 saturated heterocycles. The summed E-state index contributed by atoms with van der Waals surface area (Å²) in [7, 11) is 0. The molecular weight excluding hydrogens is 236 g/mol. The molecule has 3 aliphatic heterocycles. The molecule has 1 spiro atoms. The van der Waals surface area contributed by atoms with Gasteiger partial charge in [0.2, 0.25) is 5.91 Å². The SMILES string of the molecule is NC1C(=O)N2C(C(=O)O)C3(CSC3)S[C@@H]12. The maximum Gasteiger partial charge on any atom is 0.327 e. The number of carbonyl (C=O) groups is 2. The molecule has 0 aromatic rings. The van der Waals surface area contributed by atoms with Crippen LogP contribution in [0.3, 0.4) is 0 Å². The minimum Gasteiger partial charge on any atom is -0.480 e. The van der Waals surface area contributed by atoms with Crippen molar-refractivity contribution in [1.29, 1.82) is 0 Å². The van der Waals surface area contributed by atoms with Gasteiger partial charge in [0, 0.05) is 11.5 Å². The molecule has 0 aromatic heterocycles. The average molecular weight is 246 g/mol. The molecule has 0 radical (unpaired) electrons. The van der Waals surface area contributed by atoms with Gasteiger partial charge in [-0.25, -0.2) is 4.79 Å². The number of fused-ring (bicyclic) bond motifs is 1. The van der Waals surface area contributed by atoms with E-state index >= 15 is 0 Å². The van der Waals surface area contributed by atoms with E-state index in [1.165, 1.54) is 4.90 Å². The lowest BCUT2D eigenvalue weighted by Crippen LogP contribution is -2.69. The summed E-state index contributed by atoms with van der Waals surface area (Å²) in [6.07, 6.45) is 0. The van der Waals surface area contributed by atoms with Crippen molar-refractivity contribution in [2.24, 2.45) is 5.73 Å². The first-order chi connectivity index (χ1) is 7.07. The number of rotatable bonds is 1.